The molecule has 1 saturated heterocycles. The van der Waals surface area contributed by atoms with Crippen molar-refractivity contribution in [2.75, 3.05) is 12.4 Å². The van der Waals surface area contributed by atoms with Crippen LogP contribution in [0.15, 0.2) is 40.8 Å². The summed E-state index contributed by atoms with van der Waals surface area (Å²) in [5.41, 5.74) is 1.76. The molecule has 130 valence electrons. The van der Waals surface area contributed by atoms with E-state index in [-0.39, 0.29) is 5.91 Å². The van der Waals surface area contributed by atoms with Crippen molar-refractivity contribution in [1.82, 2.24) is 9.88 Å². The molecule has 0 spiro atoms. The maximum atomic E-state index is 12.1. The molecule has 2 aromatic rings. The van der Waals surface area contributed by atoms with Gasteiger partial charge >= 0.3 is 5.97 Å². The molecule has 3 rings (SSSR count). The molecular weight excluding hydrogens is 380 g/mol. The Kier molecular flexibility index (Phi) is 5.78. The van der Waals surface area contributed by atoms with Gasteiger partial charge in [-0.05, 0) is 19.1 Å². The van der Waals surface area contributed by atoms with E-state index in [0.29, 0.717) is 29.0 Å². The number of carbonyl (C=O) groups excluding carboxylic acids is 2. The molecule has 0 aliphatic carbocycles. The highest BCUT2D eigenvalue weighted by Crippen LogP contribution is 2.32. The highest BCUT2D eigenvalue weighted by Gasteiger charge is 2.28. The van der Waals surface area contributed by atoms with Crippen molar-refractivity contribution < 1.29 is 14.3 Å². The Morgan fingerprint density at radius 2 is 2.16 bits per heavy atom. The summed E-state index contributed by atoms with van der Waals surface area (Å²) in [6.45, 7) is 2.38. The maximum Gasteiger partial charge on any atom is 0.333 e. The van der Waals surface area contributed by atoms with E-state index in [2.05, 4.69) is 4.98 Å². The summed E-state index contributed by atoms with van der Waals surface area (Å²) in [6, 6.07) is 7.46. The van der Waals surface area contributed by atoms with Gasteiger partial charge in [0.2, 0.25) is 5.91 Å². The first-order valence-electron chi connectivity index (χ1n) is 7.58. The van der Waals surface area contributed by atoms with E-state index < -0.39 is 5.97 Å². The lowest BCUT2D eigenvalue weighted by molar-refractivity contribution is -0.137. The molecule has 8 heteroatoms. The first-order chi connectivity index (χ1) is 12.1. The molecule has 5 nitrogen and oxygen atoms in total. The van der Waals surface area contributed by atoms with Crippen molar-refractivity contribution in [2.24, 2.45) is 0 Å². The van der Waals surface area contributed by atoms with Gasteiger partial charge in [0.05, 0.1) is 35.7 Å². The first kappa shape index (κ1) is 18.0. The average molecular weight is 395 g/mol. The Hall–Kier alpha value is -1.83. The second-order valence-corrected chi connectivity index (χ2v) is 7.44. The molecule has 1 amide bonds. The SMILES string of the molecule is CCOC(=O)/C=C1\SCC(=O)N1Cc1csc(-c2ccc(Cl)cc2)n1. The van der Waals surface area contributed by atoms with Gasteiger partial charge in [-0.1, -0.05) is 35.5 Å². The molecule has 1 aliphatic rings. The lowest BCUT2D eigenvalue weighted by atomic mass is 10.2. The first-order valence-corrected chi connectivity index (χ1v) is 9.83. The maximum absolute atomic E-state index is 12.1. The zero-order valence-corrected chi connectivity index (χ0v) is 15.8. The van der Waals surface area contributed by atoms with Crippen molar-refractivity contribution in [2.45, 2.75) is 13.5 Å². The zero-order chi connectivity index (χ0) is 17.8. The molecule has 1 aromatic carbocycles. The number of thiazole rings is 1. The van der Waals surface area contributed by atoms with Crippen molar-refractivity contribution in [1.29, 1.82) is 0 Å². The van der Waals surface area contributed by atoms with Crippen LogP contribution in [-0.4, -0.2) is 34.1 Å². The third kappa shape index (κ3) is 4.42. The highest BCUT2D eigenvalue weighted by molar-refractivity contribution is 8.04. The lowest BCUT2D eigenvalue weighted by Crippen LogP contribution is -2.24. The van der Waals surface area contributed by atoms with Crippen LogP contribution in [0.2, 0.25) is 5.02 Å². The topological polar surface area (TPSA) is 59.5 Å². The van der Waals surface area contributed by atoms with Crippen LogP contribution < -0.4 is 0 Å². The smallest absolute Gasteiger partial charge is 0.333 e. The van der Waals surface area contributed by atoms with Gasteiger partial charge in [-0.3, -0.25) is 9.69 Å². The molecule has 1 fully saturated rings. The van der Waals surface area contributed by atoms with Crippen LogP contribution in [0, 0.1) is 0 Å². The van der Waals surface area contributed by atoms with E-state index in [1.54, 1.807) is 11.8 Å². The van der Waals surface area contributed by atoms with Gasteiger partial charge < -0.3 is 4.74 Å². The Balaban J connectivity index is 1.75. The fourth-order valence-electron chi connectivity index (χ4n) is 2.25. The van der Waals surface area contributed by atoms with Gasteiger partial charge in [0.25, 0.3) is 0 Å². The summed E-state index contributed by atoms with van der Waals surface area (Å²) in [5.74, 6) is -0.161. The molecule has 0 N–H and O–H groups in total. The van der Waals surface area contributed by atoms with Gasteiger partial charge in [-0.15, -0.1) is 11.3 Å². The van der Waals surface area contributed by atoms with Crippen molar-refractivity contribution >= 4 is 46.6 Å². The van der Waals surface area contributed by atoms with E-state index in [9.17, 15) is 9.59 Å². The van der Waals surface area contributed by atoms with Crippen molar-refractivity contribution in [3.05, 3.63) is 51.5 Å². The molecule has 0 radical (unpaired) electrons. The highest BCUT2D eigenvalue weighted by atomic mass is 35.5. The fourth-order valence-corrected chi connectivity index (χ4v) is 4.12. The summed E-state index contributed by atoms with van der Waals surface area (Å²) in [5, 5.41) is 4.06. The van der Waals surface area contributed by atoms with Gasteiger partial charge in [0, 0.05) is 16.0 Å². The number of carbonyl (C=O) groups is 2. The van der Waals surface area contributed by atoms with Crippen LogP contribution >= 0.6 is 34.7 Å². The zero-order valence-electron chi connectivity index (χ0n) is 13.4. The minimum atomic E-state index is -0.440. The minimum absolute atomic E-state index is 0.0402. The van der Waals surface area contributed by atoms with Crippen LogP contribution in [0.3, 0.4) is 0 Å². The number of nitrogens with zero attached hydrogens (tertiary/aromatic N) is 2. The number of thioether (sulfide) groups is 1. The molecule has 0 unspecified atom stereocenters. The number of amides is 1. The molecule has 0 saturated carbocycles. The predicted octanol–water partition coefficient (Wildman–Crippen LogP) is 3.94. The van der Waals surface area contributed by atoms with E-state index >= 15 is 0 Å². The second-order valence-electron chi connectivity index (χ2n) is 5.15. The number of aromatic nitrogens is 1. The van der Waals surface area contributed by atoms with Crippen LogP contribution in [0.25, 0.3) is 10.6 Å². The molecule has 2 heterocycles. The number of halogens is 1. The monoisotopic (exact) mass is 394 g/mol. The van der Waals surface area contributed by atoms with Crippen LogP contribution in [0.5, 0.6) is 0 Å². The van der Waals surface area contributed by atoms with Gasteiger partial charge in [-0.2, -0.15) is 0 Å². The lowest BCUT2D eigenvalue weighted by Gasteiger charge is -2.15. The van der Waals surface area contributed by atoms with E-state index in [1.165, 1.54) is 29.2 Å². The Morgan fingerprint density at radius 3 is 2.88 bits per heavy atom. The summed E-state index contributed by atoms with van der Waals surface area (Å²) < 4.78 is 4.92. The average Bonchev–Trinajstić information content (AvgIpc) is 3.18. The molecule has 1 aliphatic heterocycles. The summed E-state index contributed by atoms with van der Waals surface area (Å²) in [6.07, 6.45) is 1.37. The minimum Gasteiger partial charge on any atom is -0.463 e. The number of hydrogen-bond acceptors (Lipinski definition) is 6. The summed E-state index contributed by atoms with van der Waals surface area (Å²) in [4.78, 5) is 29.9. The molecule has 1 aromatic heterocycles. The standard InChI is InChI=1S/C17H15ClN2O3S2/c1-2-23-16(22)7-15-20(14(21)10-24-15)8-13-9-25-17(19-13)11-3-5-12(18)6-4-11/h3-7,9H,2,8,10H2,1H3/b15-7-. The fraction of sp³-hybridized carbons (Fsp3) is 0.235. The number of rotatable bonds is 5. The summed E-state index contributed by atoms with van der Waals surface area (Å²) >= 11 is 8.75. The largest absolute Gasteiger partial charge is 0.463 e. The normalized spacial score (nSPS) is 15.8. The third-order valence-corrected chi connectivity index (χ3v) is 5.62. The van der Waals surface area contributed by atoms with Crippen LogP contribution in [-0.2, 0) is 20.9 Å². The van der Waals surface area contributed by atoms with Crippen molar-refractivity contribution in [3.8, 4) is 10.6 Å². The second kappa shape index (κ2) is 8.03. The number of esters is 1. The van der Waals surface area contributed by atoms with E-state index in [1.807, 2.05) is 29.6 Å². The van der Waals surface area contributed by atoms with Gasteiger partial charge in [0.1, 0.15) is 5.01 Å². The van der Waals surface area contributed by atoms with Gasteiger partial charge in [0.15, 0.2) is 0 Å². The molecule has 25 heavy (non-hydrogen) atoms. The Morgan fingerprint density at radius 1 is 1.40 bits per heavy atom. The van der Waals surface area contributed by atoms with E-state index in [4.69, 9.17) is 16.3 Å². The third-order valence-electron chi connectivity index (χ3n) is 3.40. The quantitative estimate of drug-likeness (QED) is 0.567. The summed E-state index contributed by atoms with van der Waals surface area (Å²) in [7, 11) is 0. The molecule has 0 atom stereocenters. The Labute approximate surface area is 158 Å². The molecular formula is C17H15ClN2O3S2. The number of hydrogen-bond donors (Lipinski definition) is 0. The van der Waals surface area contributed by atoms with E-state index in [0.717, 1.165) is 16.3 Å². The van der Waals surface area contributed by atoms with Crippen LogP contribution in [0.1, 0.15) is 12.6 Å². The Bertz CT molecular complexity index is 818. The molecule has 0 bridgehead atoms. The van der Waals surface area contributed by atoms with Crippen LogP contribution in [0.4, 0.5) is 0 Å². The predicted molar refractivity (Wildman–Crippen MR) is 100 cm³/mol. The van der Waals surface area contributed by atoms with Crippen molar-refractivity contribution in [3.63, 3.8) is 0 Å². The number of benzene rings is 1. The van der Waals surface area contributed by atoms with Gasteiger partial charge in [-0.25, -0.2) is 9.78 Å². The number of ether oxygens (including phenoxy) is 1.